The lowest BCUT2D eigenvalue weighted by atomic mass is 9.85. The maximum absolute atomic E-state index is 10.4. The number of nitrogens with zero attached hydrogens (tertiary/aromatic N) is 1. The van der Waals surface area contributed by atoms with Crippen LogP contribution >= 0.6 is 0 Å². The van der Waals surface area contributed by atoms with E-state index in [4.69, 9.17) is 9.47 Å². The van der Waals surface area contributed by atoms with Gasteiger partial charge >= 0.3 is 0 Å². The Morgan fingerprint density at radius 3 is 2.46 bits per heavy atom. The third-order valence-electron chi connectivity index (χ3n) is 4.34. The van der Waals surface area contributed by atoms with Crippen LogP contribution in [0.4, 0.5) is 0 Å². The smallest absolute Gasteiger partial charge is 0.123 e. The number of benzene rings is 1. The predicted octanol–water partition coefficient (Wildman–Crippen LogP) is 3.14. The molecule has 1 fully saturated rings. The SMILES string of the molecule is Cc1ccc(OC[C@@H](O)CN2C[C@@H](C)O[C@H](C)C2)c(C(C)(C)C)c1. The fourth-order valence-electron chi connectivity index (χ4n) is 3.33. The molecule has 1 N–H and O–H groups in total. The van der Waals surface area contributed by atoms with Crippen LogP contribution in [0.5, 0.6) is 5.75 Å². The lowest BCUT2D eigenvalue weighted by molar-refractivity contribution is -0.0787. The van der Waals surface area contributed by atoms with E-state index in [2.05, 4.69) is 58.6 Å². The van der Waals surface area contributed by atoms with E-state index < -0.39 is 6.10 Å². The zero-order valence-electron chi connectivity index (χ0n) is 16.0. The number of hydrogen-bond acceptors (Lipinski definition) is 4. The number of hydrogen-bond donors (Lipinski definition) is 1. The molecule has 1 aliphatic heterocycles. The molecule has 4 nitrogen and oxygen atoms in total. The summed E-state index contributed by atoms with van der Waals surface area (Å²) in [5.74, 6) is 0.871. The van der Waals surface area contributed by atoms with Crippen LogP contribution in [-0.4, -0.2) is 54.6 Å². The Morgan fingerprint density at radius 2 is 1.88 bits per heavy atom. The largest absolute Gasteiger partial charge is 0.491 e. The van der Waals surface area contributed by atoms with E-state index in [1.165, 1.54) is 11.1 Å². The highest BCUT2D eigenvalue weighted by atomic mass is 16.5. The molecule has 0 unspecified atom stereocenters. The maximum atomic E-state index is 10.4. The van der Waals surface area contributed by atoms with Crippen LogP contribution in [-0.2, 0) is 10.2 Å². The zero-order chi connectivity index (χ0) is 17.9. The molecule has 0 radical (unpaired) electrons. The van der Waals surface area contributed by atoms with Crippen LogP contribution in [0, 0.1) is 6.92 Å². The molecule has 4 heteroatoms. The van der Waals surface area contributed by atoms with Crippen molar-refractivity contribution in [3.63, 3.8) is 0 Å². The first-order valence-electron chi connectivity index (χ1n) is 8.95. The first-order chi connectivity index (χ1) is 11.1. The van der Waals surface area contributed by atoms with Gasteiger partial charge in [-0.3, -0.25) is 4.90 Å². The molecule has 2 rings (SSSR count). The Kier molecular flexibility index (Phi) is 6.29. The molecule has 0 aromatic heterocycles. The number of β-amino-alcohol motifs (C(OH)–C–C–N with tert-alkyl or cyclic N) is 1. The van der Waals surface area contributed by atoms with Gasteiger partial charge < -0.3 is 14.6 Å². The fourth-order valence-corrected chi connectivity index (χ4v) is 3.33. The van der Waals surface area contributed by atoms with Gasteiger partial charge in [-0.25, -0.2) is 0 Å². The van der Waals surface area contributed by atoms with Crippen molar-refractivity contribution in [1.29, 1.82) is 0 Å². The first-order valence-corrected chi connectivity index (χ1v) is 8.95. The Hall–Kier alpha value is -1.10. The van der Waals surface area contributed by atoms with E-state index in [0.717, 1.165) is 18.8 Å². The minimum absolute atomic E-state index is 0.0153. The summed E-state index contributed by atoms with van der Waals surface area (Å²) in [7, 11) is 0. The number of aliphatic hydroxyl groups is 1. The molecular formula is C20H33NO3. The van der Waals surface area contributed by atoms with Gasteiger partial charge in [-0.15, -0.1) is 0 Å². The fraction of sp³-hybridized carbons (Fsp3) is 0.700. The van der Waals surface area contributed by atoms with Crippen molar-refractivity contribution in [2.45, 2.75) is 65.3 Å². The van der Waals surface area contributed by atoms with Crippen molar-refractivity contribution in [1.82, 2.24) is 4.90 Å². The van der Waals surface area contributed by atoms with Gasteiger partial charge in [0.05, 0.1) is 12.2 Å². The number of morpholine rings is 1. The van der Waals surface area contributed by atoms with Crippen molar-refractivity contribution in [3.05, 3.63) is 29.3 Å². The lowest BCUT2D eigenvalue weighted by Crippen LogP contribution is -2.48. The lowest BCUT2D eigenvalue weighted by Gasteiger charge is -2.36. The van der Waals surface area contributed by atoms with Crippen molar-refractivity contribution in [2.24, 2.45) is 0 Å². The van der Waals surface area contributed by atoms with E-state index in [0.29, 0.717) is 13.2 Å². The highest BCUT2D eigenvalue weighted by Crippen LogP contribution is 2.32. The highest BCUT2D eigenvalue weighted by Gasteiger charge is 2.24. The number of ether oxygens (including phenoxy) is 2. The van der Waals surface area contributed by atoms with Crippen molar-refractivity contribution in [2.75, 3.05) is 26.2 Å². The van der Waals surface area contributed by atoms with Crippen LogP contribution in [0.3, 0.4) is 0 Å². The Morgan fingerprint density at radius 1 is 1.25 bits per heavy atom. The molecule has 24 heavy (non-hydrogen) atoms. The first kappa shape index (κ1) is 19.2. The average Bonchev–Trinajstić information content (AvgIpc) is 2.43. The maximum Gasteiger partial charge on any atom is 0.123 e. The third kappa shape index (κ3) is 5.47. The highest BCUT2D eigenvalue weighted by molar-refractivity contribution is 5.41. The van der Waals surface area contributed by atoms with Crippen molar-refractivity contribution in [3.8, 4) is 5.75 Å². The summed E-state index contributed by atoms with van der Waals surface area (Å²) in [4.78, 5) is 2.26. The summed E-state index contributed by atoms with van der Waals surface area (Å²) in [6.45, 7) is 15.4. The van der Waals surface area contributed by atoms with E-state index in [1.54, 1.807) is 0 Å². The molecule has 0 bridgehead atoms. The van der Waals surface area contributed by atoms with E-state index in [-0.39, 0.29) is 17.6 Å². The molecule has 3 atom stereocenters. The van der Waals surface area contributed by atoms with Gasteiger partial charge in [0.2, 0.25) is 0 Å². The summed E-state index contributed by atoms with van der Waals surface area (Å²) in [6, 6.07) is 6.25. The summed E-state index contributed by atoms with van der Waals surface area (Å²) >= 11 is 0. The van der Waals surface area contributed by atoms with Gasteiger partial charge in [0.1, 0.15) is 18.5 Å². The second kappa shape index (κ2) is 7.85. The average molecular weight is 335 g/mol. The quantitative estimate of drug-likeness (QED) is 0.898. The predicted molar refractivity (Wildman–Crippen MR) is 97.8 cm³/mol. The molecule has 1 heterocycles. The van der Waals surface area contributed by atoms with Crippen molar-refractivity contribution < 1.29 is 14.6 Å². The van der Waals surface area contributed by atoms with Gasteiger partial charge in [-0.1, -0.05) is 38.5 Å². The second-order valence-electron chi connectivity index (χ2n) is 8.19. The molecule has 0 amide bonds. The van der Waals surface area contributed by atoms with Crippen molar-refractivity contribution >= 4 is 0 Å². The van der Waals surface area contributed by atoms with Crippen LogP contribution < -0.4 is 4.74 Å². The molecule has 1 aromatic rings. The zero-order valence-corrected chi connectivity index (χ0v) is 16.0. The summed E-state index contributed by atoms with van der Waals surface area (Å²) in [5, 5.41) is 10.4. The Balaban J connectivity index is 1.93. The number of aryl methyl sites for hydroxylation is 1. The van der Waals surface area contributed by atoms with Gasteiger partial charge in [0, 0.05) is 19.6 Å². The summed E-state index contributed by atoms with van der Waals surface area (Å²) in [6.07, 6.45) is -0.0745. The molecule has 136 valence electrons. The van der Waals surface area contributed by atoms with E-state index >= 15 is 0 Å². The van der Waals surface area contributed by atoms with Gasteiger partial charge in [-0.05, 0) is 37.8 Å². The van der Waals surface area contributed by atoms with Gasteiger partial charge in [0.15, 0.2) is 0 Å². The van der Waals surface area contributed by atoms with E-state index in [9.17, 15) is 5.11 Å². The Labute approximate surface area is 146 Å². The summed E-state index contributed by atoms with van der Waals surface area (Å²) in [5.41, 5.74) is 2.42. The number of aliphatic hydroxyl groups excluding tert-OH is 1. The molecule has 0 aliphatic carbocycles. The number of rotatable bonds is 5. The molecule has 0 spiro atoms. The summed E-state index contributed by atoms with van der Waals surface area (Å²) < 4.78 is 11.7. The second-order valence-corrected chi connectivity index (χ2v) is 8.19. The monoisotopic (exact) mass is 335 g/mol. The van der Waals surface area contributed by atoms with Gasteiger partial charge in [0.25, 0.3) is 0 Å². The molecule has 1 aliphatic rings. The van der Waals surface area contributed by atoms with Crippen LogP contribution in [0.1, 0.15) is 45.7 Å². The van der Waals surface area contributed by atoms with Crippen LogP contribution in [0.15, 0.2) is 18.2 Å². The normalized spacial score (nSPS) is 24.0. The third-order valence-corrected chi connectivity index (χ3v) is 4.34. The van der Waals surface area contributed by atoms with Crippen LogP contribution in [0.2, 0.25) is 0 Å². The standard InChI is InChI=1S/C20H33NO3/c1-14-7-8-19(18(9-14)20(4,5)6)23-13-17(22)12-21-10-15(2)24-16(3)11-21/h7-9,15-17,22H,10-13H2,1-6H3/t15-,16-,17+/m1/s1. The minimum Gasteiger partial charge on any atom is -0.491 e. The van der Waals surface area contributed by atoms with E-state index in [1.807, 2.05) is 6.07 Å². The molecule has 1 aromatic carbocycles. The topological polar surface area (TPSA) is 41.9 Å². The molecule has 0 saturated carbocycles. The van der Waals surface area contributed by atoms with Gasteiger partial charge in [-0.2, -0.15) is 0 Å². The Bertz CT molecular complexity index is 528. The molecule has 1 saturated heterocycles. The van der Waals surface area contributed by atoms with Crippen LogP contribution in [0.25, 0.3) is 0 Å². The molecular weight excluding hydrogens is 302 g/mol. The minimum atomic E-state index is -0.503.